The Hall–Kier alpha value is -2.96. The monoisotopic (exact) mass is 513 g/mol. The van der Waals surface area contributed by atoms with E-state index in [0.29, 0.717) is 5.56 Å². The maximum Gasteiger partial charge on any atom is 0.254 e. The number of nitrogens with zero attached hydrogens (tertiary/aromatic N) is 2. The Morgan fingerprint density at radius 1 is 0.892 bits per heavy atom. The molecule has 2 atom stereocenters. The molecule has 1 N–H and O–H groups in total. The van der Waals surface area contributed by atoms with Gasteiger partial charge in [0.2, 0.25) is 5.91 Å². The summed E-state index contributed by atoms with van der Waals surface area (Å²) in [6.07, 6.45) is 6.22. The molecular weight excluding hydrogens is 478 g/mol. The number of hydrogen-bond acceptors (Lipinski definition) is 4. The second-order valence-corrected chi connectivity index (χ2v) is 11.7. The van der Waals surface area contributed by atoms with Crippen molar-refractivity contribution in [1.29, 1.82) is 0 Å². The van der Waals surface area contributed by atoms with Gasteiger partial charge in [0.25, 0.3) is 5.91 Å². The fourth-order valence-corrected chi connectivity index (χ4v) is 7.41. The normalized spacial score (nSPS) is 23.2. The molecule has 5 nitrogen and oxygen atoms in total. The number of thiophene rings is 1. The van der Waals surface area contributed by atoms with E-state index < -0.39 is 5.92 Å². The van der Waals surface area contributed by atoms with Gasteiger partial charge in [-0.05, 0) is 54.3 Å². The summed E-state index contributed by atoms with van der Waals surface area (Å²) in [5.74, 6) is -0.252. The fraction of sp³-hybridized carbons (Fsp3) is 0.419. The summed E-state index contributed by atoms with van der Waals surface area (Å²) in [7, 11) is 0. The lowest BCUT2D eigenvalue weighted by Crippen LogP contribution is -2.52. The van der Waals surface area contributed by atoms with Crippen LogP contribution >= 0.6 is 11.3 Å². The highest BCUT2D eigenvalue weighted by Gasteiger charge is 2.47. The van der Waals surface area contributed by atoms with Crippen LogP contribution in [0, 0.1) is 0 Å². The van der Waals surface area contributed by atoms with Crippen LogP contribution in [-0.4, -0.2) is 46.8 Å². The molecule has 2 fully saturated rings. The van der Waals surface area contributed by atoms with E-state index in [4.69, 9.17) is 0 Å². The third-order valence-electron chi connectivity index (χ3n) is 8.39. The zero-order valence-corrected chi connectivity index (χ0v) is 22.0. The Morgan fingerprint density at radius 2 is 1.62 bits per heavy atom. The van der Waals surface area contributed by atoms with Crippen molar-refractivity contribution in [2.24, 2.45) is 0 Å². The highest BCUT2D eigenvalue weighted by Crippen LogP contribution is 2.47. The van der Waals surface area contributed by atoms with E-state index in [1.807, 2.05) is 30.3 Å². The SMILES string of the molecule is O=C(NC1CCN(Cc2ccccc2)CC1)C1c2ccccc2C(=O)N(C2CCCC2)C1c1cccs1. The number of likely N-dealkylation sites (tertiary alicyclic amines) is 1. The Bertz CT molecular complexity index is 1210. The molecule has 0 spiro atoms. The molecule has 2 aliphatic heterocycles. The molecule has 2 amide bonds. The van der Waals surface area contributed by atoms with Gasteiger partial charge in [0.15, 0.2) is 0 Å². The summed E-state index contributed by atoms with van der Waals surface area (Å²) < 4.78 is 0. The van der Waals surface area contributed by atoms with Crippen molar-refractivity contribution in [3.8, 4) is 0 Å². The summed E-state index contributed by atoms with van der Waals surface area (Å²) >= 11 is 1.66. The molecule has 1 aromatic heterocycles. The Labute approximate surface area is 223 Å². The van der Waals surface area contributed by atoms with Gasteiger partial charge in [-0.1, -0.05) is 67.4 Å². The fourth-order valence-electron chi connectivity index (χ4n) is 6.55. The molecule has 2 unspecified atom stereocenters. The second-order valence-electron chi connectivity index (χ2n) is 10.7. The van der Waals surface area contributed by atoms with Crippen LogP contribution in [0.15, 0.2) is 72.1 Å². The summed E-state index contributed by atoms with van der Waals surface area (Å²) in [4.78, 5) is 33.6. The Morgan fingerprint density at radius 3 is 2.35 bits per heavy atom. The highest BCUT2D eigenvalue weighted by atomic mass is 32.1. The van der Waals surface area contributed by atoms with E-state index in [-0.39, 0.29) is 29.9 Å². The number of hydrogen-bond donors (Lipinski definition) is 1. The van der Waals surface area contributed by atoms with E-state index in [1.165, 1.54) is 5.56 Å². The number of benzene rings is 2. The van der Waals surface area contributed by atoms with Crippen LogP contribution in [0.25, 0.3) is 0 Å². The molecule has 3 aromatic rings. The van der Waals surface area contributed by atoms with Crippen LogP contribution in [0.3, 0.4) is 0 Å². The predicted octanol–water partition coefficient (Wildman–Crippen LogP) is 5.75. The standard InChI is InChI=1S/C31H35N3O2S/c35-30(32-23-16-18-33(19-17-23)21-22-9-2-1-3-10-22)28-25-13-6-7-14-26(25)31(36)34(24-11-4-5-12-24)29(28)27-15-8-20-37-27/h1-3,6-10,13-15,20,23-24,28-29H,4-5,11-12,16-19,21H2,(H,32,35). The number of nitrogens with one attached hydrogen (secondary N) is 1. The van der Waals surface area contributed by atoms with Gasteiger partial charge >= 0.3 is 0 Å². The van der Waals surface area contributed by atoms with Crippen molar-refractivity contribution in [3.63, 3.8) is 0 Å². The molecule has 192 valence electrons. The first kappa shape index (κ1) is 24.4. The largest absolute Gasteiger partial charge is 0.353 e. The predicted molar refractivity (Wildman–Crippen MR) is 148 cm³/mol. The molecular formula is C31H35N3O2S. The van der Waals surface area contributed by atoms with Crippen molar-refractivity contribution >= 4 is 23.2 Å². The summed E-state index contributed by atoms with van der Waals surface area (Å²) in [5, 5.41) is 5.49. The number of fused-ring (bicyclic) bond motifs is 1. The molecule has 1 aliphatic carbocycles. The van der Waals surface area contributed by atoms with E-state index in [0.717, 1.165) is 68.6 Å². The number of carbonyl (C=O) groups is 2. The van der Waals surface area contributed by atoms with E-state index in [9.17, 15) is 9.59 Å². The van der Waals surface area contributed by atoms with Crippen LogP contribution in [0.4, 0.5) is 0 Å². The molecule has 6 heteroatoms. The number of amides is 2. The first-order valence-corrected chi connectivity index (χ1v) is 14.6. The minimum Gasteiger partial charge on any atom is -0.353 e. The van der Waals surface area contributed by atoms with Crippen molar-refractivity contribution in [2.45, 2.75) is 69.1 Å². The average molecular weight is 514 g/mol. The smallest absolute Gasteiger partial charge is 0.254 e. The molecule has 1 saturated heterocycles. The molecule has 37 heavy (non-hydrogen) atoms. The first-order valence-electron chi connectivity index (χ1n) is 13.7. The molecule has 3 aliphatic rings. The third kappa shape index (κ3) is 4.97. The average Bonchev–Trinajstić information content (AvgIpc) is 3.65. The second kappa shape index (κ2) is 10.8. The third-order valence-corrected chi connectivity index (χ3v) is 9.34. The van der Waals surface area contributed by atoms with Gasteiger partial charge in [-0.3, -0.25) is 14.5 Å². The highest BCUT2D eigenvalue weighted by molar-refractivity contribution is 7.10. The summed E-state index contributed by atoms with van der Waals surface area (Å²) in [6.45, 7) is 2.90. The van der Waals surface area contributed by atoms with Gasteiger partial charge in [-0.2, -0.15) is 0 Å². The van der Waals surface area contributed by atoms with Gasteiger partial charge in [-0.15, -0.1) is 11.3 Å². The van der Waals surface area contributed by atoms with Crippen LogP contribution in [-0.2, 0) is 11.3 Å². The zero-order valence-electron chi connectivity index (χ0n) is 21.2. The Kier molecular flexibility index (Phi) is 7.12. The molecule has 0 radical (unpaired) electrons. The molecule has 6 rings (SSSR count). The minimum atomic E-state index is -0.393. The zero-order chi connectivity index (χ0) is 25.2. The quantitative estimate of drug-likeness (QED) is 0.457. The van der Waals surface area contributed by atoms with Gasteiger partial charge in [0.1, 0.15) is 0 Å². The van der Waals surface area contributed by atoms with Crippen molar-refractivity contribution in [2.75, 3.05) is 13.1 Å². The van der Waals surface area contributed by atoms with Crippen LogP contribution in [0.2, 0.25) is 0 Å². The van der Waals surface area contributed by atoms with E-state index in [1.54, 1.807) is 11.3 Å². The van der Waals surface area contributed by atoms with Gasteiger partial charge < -0.3 is 10.2 Å². The lowest BCUT2D eigenvalue weighted by atomic mass is 9.80. The van der Waals surface area contributed by atoms with E-state index >= 15 is 0 Å². The summed E-state index contributed by atoms with van der Waals surface area (Å²) in [6, 6.07) is 22.6. The van der Waals surface area contributed by atoms with Crippen molar-refractivity contribution in [1.82, 2.24) is 15.1 Å². The van der Waals surface area contributed by atoms with E-state index in [2.05, 4.69) is 56.9 Å². The lowest BCUT2D eigenvalue weighted by molar-refractivity contribution is -0.125. The van der Waals surface area contributed by atoms with Gasteiger partial charge in [0, 0.05) is 42.2 Å². The van der Waals surface area contributed by atoms with Crippen LogP contribution in [0.1, 0.15) is 76.8 Å². The van der Waals surface area contributed by atoms with Crippen molar-refractivity contribution < 1.29 is 9.59 Å². The molecule has 3 heterocycles. The van der Waals surface area contributed by atoms with Gasteiger partial charge in [0.05, 0.1) is 12.0 Å². The molecule has 1 saturated carbocycles. The van der Waals surface area contributed by atoms with Gasteiger partial charge in [-0.25, -0.2) is 0 Å². The van der Waals surface area contributed by atoms with Crippen LogP contribution < -0.4 is 5.32 Å². The minimum absolute atomic E-state index is 0.0582. The summed E-state index contributed by atoms with van der Waals surface area (Å²) in [5.41, 5.74) is 2.90. The number of piperidine rings is 1. The Balaban J connectivity index is 1.24. The van der Waals surface area contributed by atoms with Crippen molar-refractivity contribution in [3.05, 3.63) is 93.7 Å². The topological polar surface area (TPSA) is 52.7 Å². The number of carbonyl (C=O) groups excluding carboxylic acids is 2. The van der Waals surface area contributed by atoms with Crippen LogP contribution in [0.5, 0.6) is 0 Å². The number of rotatable bonds is 6. The molecule has 0 bridgehead atoms. The maximum absolute atomic E-state index is 14.1. The first-order chi connectivity index (χ1) is 18.2. The molecule has 2 aromatic carbocycles. The maximum atomic E-state index is 14.1. The lowest BCUT2D eigenvalue weighted by Gasteiger charge is -2.44.